The summed E-state index contributed by atoms with van der Waals surface area (Å²) in [5.41, 5.74) is 3.35. The van der Waals surface area contributed by atoms with Gasteiger partial charge in [-0.25, -0.2) is 4.39 Å². The summed E-state index contributed by atoms with van der Waals surface area (Å²) >= 11 is 0. The predicted molar refractivity (Wildman–Crippen MR) is 51.5 cm³/mol. The number of ether oxygens (including phenoxy) is 1. The van der Waals surface area contributed by atoms with Crippen LogP contribution < -0.4 is 10.2 Å². The van der Waals surface area contributed by atoms with E-state index in [1.807, 2.05) is 6.07 Å². The number of halogens is 1. The summed E-state index contributed by atoms with van der Waals surface area (Å²) in [7, 11) is 2.79. The molecule has 0 bridgehead atoms. The molecule has 0 radical (unpaired) electrons. The van der Waals surface area contributed by atoms with E-state index in [1.165, 1.54) is 20.3 Å². The van der Waals surface area contributed by atoms with Gasteiger partial charge >= 0.3 is 0 Å². The number of hydrogen-bond donors (Lipinski definition) is 1. The summed E-state index contributed by atoms with van der Waals surface area (Å²) in [6, 6.07) is 4.72. The first-order valence-electron chi connectivity index (χ1n) is 4.25. The molecule has 0 aliphatic rings. The van der Waals surface area contributed by atoms with Gasteiger partial charge in [0.1, 0.15) is 6.07 Å². The third-order valence-electron chi connectivity index (χ3n) is 1.85. The molecular weight excluding hydrogens is 199 g/mol. The first-order valence-corrected chi connectivity index (χ1v) is 4.25. The average Bonchev–Trinajstić information content (AvgIpc) is 2.25. The van der Waals surface area contributed by atoms with Gasteiger partial charge in [0.05, 0.1) is 19.8 Å². The van der Waals surface area contributed by atoms with E-state index in [0.717, 1.165) is 0 Å². The maximum atomic E-state index is 13.4. The number of nitrogens with zero attached hydrogens (tertiary/aromatic N) is 1. The van der Waals surface area contributed by atoms with Gasteiger partial charge in [-0.15, -0.1) is 0 Å². The highest BCUT2D eigenvalue weighted by atomic mass is 19.1. The van der Waals surface area contributed by atoms with Crippen molar-refractivity contribution in [2.45, 2.75) is 6.54 Å². The van der Waals surface area contributed by atoms with E-state index in [-0.39, 0.29) is 11.3 Å². The van der Waals surface area contributed by atoms with Crippen molar-refractivity contribution in [1.29, 1.82) is 5.26 Å². The minimum absolute atomic E-state index is 0.0290. The van der Waals surface area contributed by atoms with E-state index in [1.54, 1.807) is 6.07 Å². The smallest absolute Gasteiger partial charge is 0.172 e. The number of rotatable bonds is 4. The fraction of sp³-hybridized carbons (Fsp3) is 0.300. The highest BCUT2D eigenvalue weighted by molar-refractivity contribution is 5.46. The fourth-order valence-corrected chi connectivity index (χ4v) is 1.20. The van der Waals surface area contributed by atoms with E-state index >= 15 is 0 Å². The topological polar surface area (TPSA) is 54.3 Å². The Bertz CT molecular complexity index is 388. The molecule has 0 aromatic heterocycles. The predicted octanol–water partition coefficient (Wildman–Crippen LogP) is 1.36. The van der Waals surface area contributed by atoms with Crippen LogP contribution in [0.4, 0.5) is 4.39 Å². The fourth-order valence-electron chi connectivity index (χ4n) is 1.20. The van der Waals surface area contributed by atoms with Crippen LogP contribution in [0.2, 0.25) is 0 Å². The Hall–Kier alpha value is -1.64. The number of hydroxylamine groups is 1. The van der Waals surface area contributed by atoms with Gasteiger partial charge in [-0.3, -0.25) is 0 Å². The molecule has 0 saturated carbocycles. The quantitative estimate of drug-likeness (QED) is 0.762. The average molecular weight is 210 g/mol. The molecule has 0 fully saturated rings. The monoisotopic (exact) mass is 210 g/mol. The van der Waals surface area contributed by atoms with Crippen LogP contribution in [0.5, 0.6) is 5.75 Å². The molecule has 0 atom stereocenters. The lowest BCUT2D eigenvalue weighted by Crippen LogP contribution is -2.11. The highest BCUT2D eigenvalue weighted by Crippen LogP contribution is 2.23. The van der Waals surface area contributed by atoms with Gasteiger partial charge in [-0.2, -0.15) is 10.7 Å². The normalized spacial score (nSPS) is 9.73. The Labute approximate surface area is 87.2 Å². The van der Waals surface area contributed by atoms with Crippen LogP contribution in [-0.4, -0.2) is 14.2 Å². The van der Waals surface area contributed by atoms with Crippen LogP contribution in [-0.2, 0) is 11.4 Å². The third-order valence-corrected chi connectivity index (χ3v) is 1.85. The molecule has 5 heteroatoms. The van der Waals surface area contributed by atoms with Crippen LogP contribution in [0.3, 0.4) is 0 Å². The molecule has 4 nitrogen and oxygen atoms in total. The van der Waals surface area contributed by atoms with E-state index in [0.29, 0.717) is 12.1 Å². The zero-order chi connectivity index (χ0) is 11.3. The van der Waals surface area contributed by atoms with Crippen molar-refractivity contribution in [3.8, 4) is 11.8 Å². The highest BCUT2D eigenvalue weighted by Gasteiger charge is 2.10. The summed E-state index contributed by atoms with van der Waals surface area (Å²) in [5.74, 6) is -0.580. The van der Waals surface area contributed by atoms with Crippen molar-refractivity contribution >= 4 is 0 Å². The molecular formula is C10H11FN2O2. The van der Waals surface area contributed by atoms with E-state index < -0.39 is 5.82 Å². The molecule has 0 saturated heterocycles. The first kappa shape index (κ1) is 11.4. The van der Waals surface area contributed by atoms with E-state index in [2.05, 4.69) is 10.3 Å². The van der Waals surface area contributed by atoms with Crippen LogP contribution >= 0.6 is 0 Å². The van der Waals surface area contributed by atoms with Crippen molar-refractivity contribution in [2.75, 3.05) is 14.2 Å². The molecule has 0 unspecified atom stereocenters. The largest absolute Gasteiger partial charge is 0.492 e. The van der Waals surface area contributed by atoms with Crippen molar-refractivity contribution in [1.82, 2.24) is 5.48 Å². The minimum Gasteiger partial charge on any atom is -0.492 e. The zero-order valence-electron chi connectivity index (χ0n) is 8.50. The van der Waals surface area contributed by atoms with Crippen molar-refractivity contribution in [2.24, 2.45) is 0 Å². The lowest BCUT2D eigenvalue weighted by Gasteiger charge is -2.07. The number of nitriles is 1. The summed E-state index contributed by atoms with van der Waals surface area (Å²) < 4.78 is 18.2. The van der Waals surface area contributed by atoms with Crippen LogP contribution in [0.25, 0.3) is 0 Å². The summed E-state index contributed by atoms with van der Waals surface area (Å²) in [6.07, 6.45) is 0. The third kappa shape index (κ3) is 2.65. The Kier molecular flexibility index (Phi) is 4.03. The number of benzene rings is 1. The maximum absolute atomic E-state index is 13.4. The van der Waals surface area contributed by atoms with Gasteiger partial charge in [0.15, 0.2) is 11.6 Å². The van der Waals surface area contributed by atoms with Gasteiger partial charge in [0.25, 0.3) is 0 Å². The van der Waals surface area contributed by atoms with Gasteiger partial charge in [0.2, 0.25) is 0 Å². The molecule has 1 aromatic carbocycles. The molecule has 0 spiro atoms. The maximum Gasteiger partial charge on any atom is 0.172 e. The Morgan fingerprint density at radius 1 is 1.47 bits per heavy atom. The zero-order valence-corrected chi connectivity index (χ0v) is 8.50. The second-order valence-corrected chi connectivity index (χ2v) is 2.80. The number of hydrogen-bond acceptors (Lipinski definition) is 4. The van der Waals surface area contributed by atoms with Crippen molar-refractivity contribution in [3.05, 3.63) is 29.1 Å². The lowest BCUT2D eigenvalue weighted by molar-refractivity contribution is 0.0866. The molecule has 0 heterocycles. The Balaban J connectivity index is 3.04. The molecule has 1 aromatic rings. The van der Waals surface area contributed by atoms with Crippen LogP contribution in [0.15, 0.2) is 12.1 Å². The molecule has 0 aliphatic heterocycles. The second kappa shape index (κ2) is 5.29. The molecule has 80 valence electrons. The number of methoxy groups -OCH3 is 1. The Morgan fingerprint density at radius 3 is 2.73 bits per heavy atom. The van der Waals surface area contributed by atoms with Gasteiger partial charge in [0, 0.05) is 6.54 Å². The molecule has 1 rings (SSSR count). The standard InChI is InChI=1S/C10H11FN2O2/c1-14-10-8(5-12)3-7(4-9(10)11)6-13-15-2/h3-4,13H,6H2,1-2H3. The first-order chi connectivity index (χ1) is 7.22. The number of nitrogens with one attached hydrogen (secondary N) is 1. The SMILES string of the molecule is CONCc1cc(F)c(OC)c(C#N)c1. The summed E-state index contributed by atoms with van der Waals surface area (Å²) in [4.78, 5) is 4.63. The van der Waals surface area contributed by atoms with Crippen LogP contribution in [0.1, 0.15) is 11.1 Å². The van der Waals surface area contributed by atoms with Gasteiger partial charge < -0.3 is 9.57 Å². The molecule has 15 heavy (non-hydrogen) atoms. The second-order valence-electron chi connectivity index (χ2n) is 2.80. The minimum atomic E-state index is -0.551. The molecule has 0 amide bonds. The lowest BCUT2D eigenvalue weighted by atomic mass is 10.1. The van der Waals surface area contributed by atoms with E-state index in [4.69, 9.17) is 10.00 Å². The van der Waals surface area contributed by atoms with Crippen LogP contribution in [0, 0.1) is 17.1 Å². The van der Waals surface area contributed by atoms with E-state index in [9.17, 15) is 4.39 Å². The van der Waals surface area contributed by atoms with Gasteiger partial charge in [-0.1, -0.05) is 0 Å². The summed E-state index contributed by atoms with van der Waals surface area (Å²) in [5, 5.41) is 8.78. The van der Waals surface area contributed by atoms with Crippen molar-refractivity contribution in [3.63, 3.8) is 0 Å². The summed E-state index contributed by atoms with van der Waals surface area (Å²) in [6.45, 7) is 0.325. The van der Waals surface area contributed by atoms with Crippen molar-refractivity contribution < 1.29 is 14.0 Å². The van der Waals surface area contributed by atoms with Gasteiger partial charge in [-0.05, 0) is 17.7 Å². The molecule has 1 N–H and O–H groups in total. The molecule has 0 aliphatic carbocycles. The Morgan fingerprint density at radius 2 is 2.20 bits per heavy atom.